The third-order valence-corrected chi connectivity index (χ3v) is 3.74. The van der Waals surface area contributed by atoms with Crippen LogP contribution >= 0.6 is 0 Å². The van der Waals surface area contributed by atoms with Crippen LogP contribution in [0.15, 0.2) is 6.33 Å². The molecular formula is C15H29N7. The number of hydrogen-bond donors (Lipinski definition) is 4. The van der Waals surface area contributed by atoms with Crippen molar-refractivity contribution in [3.05, 3.63) is 6.33 Å². The van der Waals surface area contributed by atoms with Crippen molar-refractivity contribution in [1.82, 2.24) is 20.3 Å². The van der Waals surface area contributed by atoms with Crippen LogP contribution in [0.4, 0.5) is 17.3 Å². The van der Waals surface area contributed by atoms with Crippen molar-refractivity contribution >= 4 is 17.3 Å². The molecule has 2 rings (SSSR count). The van der Waals surface area contributed by atoms with Gasteiger partial charge in [0.1, 0.15) is 12.0 Å². The van der Waals surface area contributed by atoms with Crippen LogP contribution in [0.3, 0.4) is 0 Å². The summed E-state index contributed by atoms with van der Waals surface area (Å²) in [6.45, 7) is 8.91. The first-order chi connectivity index (χ1) is 10.1. The quantitative estimate of drug-likeness (QED) is 0.629. The summed E-state index contributed by atoms with van der Waals surface area (Å²) in [7, 11) is 3.79. The molecule has 1 aliphatic rings. The van der Waals surface area contributed by atoms with Crippen molar-refractivity contribution in [1.29, 1.82) is 0 Å². The molecule has 0 spiro atoms. The second-order valence-electron chi connectivity index (χ2n) is 7.63. The lowest BCUT2D eigenvalue weighted by Crippen LogP contribution is -2.60. The highest BCUT2D eigenvalue weighted by atomic mass is 15.5. The molecule has 5 N–H and O–H groups in total. The van der Waals surface area contributed by atoms with Gasteiger partial charge in [-0.1, -0.05) is 0 Å². The number of anilines is 3. The number of hydrazine groups is 1. The highest BCUT2D eigenvalue weighted by Gasteiger charge is 2.37. The summed E-state index contributed by atoms with van der Waals surface area (Å²) >= 11 is 0. The first-order valence-corrected chi connectivity index (χ1v) is 7.68. The Morgan fingerprint density at radius 1 is 1.14 bits per heavy atom. The average Bonchev–Trinajstić information content (AvgIpc) is 2.29. The maximum absolute atomic E-state index is 6.19. The second-order valence-corrected chi connectivity index (χ2v) is 7.63. The molecule has 0 unspecified atom stereocenters. The zero-order valence-corrected chi connectivity index (χ0v) is 14.5. The van der Waals surface area contributed by atoms with Gasteiger partial charge in [-0.25, -0.2) is 15.0 Å². The molecule has 0 aliphatic carbocycles. The SMILES string of the molecule is CN(C)Nc1ncnc(NC2CC(C)(C)NC(C)(C)C2)c1N. The Morgan fingerprint density at radius 3 is 2.23 bits per heavy atom. The summed E-state index contributed by atoms with van der Waals surface area (Å²) in [6, 6.07) is 0.315. The highest BCUT2D eigenvalue weighted by Crippen LogP contribution is 2.32. The number of rotatable bonds is 4. The van der Waals surface area contributed by atoms with Crippen molar-refractivity contribution in [3.8, 4) is 0 Å². The van der Waals surface area contributed by atoms with Gasteiger partial charge in [-0.15, -0.1) is 0 Å². The Labute approximate surface area is 133 Å². The number of piperidine rings is 1. The number of nitrogens with two attached hydrogens (primary N) is 1. The molecule has 0 atom stereocenters. The van der Waals surface area contributed by atoms with Gasteiger partial charge in [0.2, 0.25) is 0 Å². The van der Waals surface area contributed by atoms with Gasteiger partial charge in [-0.2, -0.15) is 0 Å². The number of nitrogen functional groups attached to an aromatic ring is 1. The van der Waals surface area contributed by atoms with E-state index in [2.05, 4.69) is 53.7 Å². The van der Waals surface area contributed by atoms with Crippen molar-refractivity contribution in [2.24, 2.45) is 0 Å². The highest BCUT2D eigenvalue weighted by molar-refractivity contribution is 5.73. The second kappa shape index (κ2) is 5.89. The van der Waals surface area contributed by atoms with Crippen molar-refractivity contribution < 1.29 is 0 Å². The summed E-state index contributed by atoms with van der Waals surface area (Å²) in [4.78, 5) is 8.50. The van der Waals surface area contributed by atoms with Crippen LogP contribution in [0.25, 0.3) is 0 Å². The third-order valence-electron chi connectivity index (χ3n) is 3.74. The summed E-state index contributed by atoms with van der Waals surface area (Å²) in [5.74, 6) is 1.31. The number of nitrogens with one attached hydrogen (secondary N) is 3. The van der Waals surface area contributed by atoms with Crippen LogP contribution < -0.4 is 21.8 Å². The van der Waals surface area contributed by atoms with Gasteiger partial charge >= 0.3 is 0 Å². The Hall–Kier alpha value is -1.60. The van der Waals surface area contributed by atoms with Crippen molar-refractivity contribution in [2.75, 3.05) is 30.6 Å². The summed E-state index contributed by atoms with van der Waals surface area (Å²) in [6.07, 6.45) is 3.55. The van der Waals surface area contributed by atoms with Crippen LogP contribution in [0.2, 0.25) is 0 Å². The predicted molar refractivity (Wildman–Crippen MR) is 91.7 cm³/mol. The first-order valence-electron chi connectivity index (χ1n) is 7.68. The molecule has 0 saturated carbocycles. The van der Waals surface area contributed by atoms with E-state index in [-0.39, 0.29) is 11.1 Å². The van der Waals surface area contributed by atoms with Crippen LogP contribution in [0, 0.1) is 0 Å². The molecule has 2 heterocycles. The van der Waals surface area contributed by atoms with Crippen molar-refractivity contribution in [2.45, 2.75) is 57.7 Å². The normalized spacial score (nSPS) is 20.9. The first kappa shape index (κ1) is 16.8. The summed E-state index contributed by atoms with van der Waals surface area (Å²) in [5.41, 5.74) is 9.98. The van der Waals surface area contributed by atoms with E-state index in [0.29, 0.717) is 23.4 Å². The molecule has 1 aliphatic heterocycles. The molecule has 0 bridgehead atoms. The maximum Gasteiger partial charge on any atom is 0.169 e. The zero-order chi connectivity index (χ0) is 16.5. The van der Waals surface area contributed by atoms with Gasteiger partial charge in [0, 0.05) is 31.2 Å². The number of aromatic nitrogens is 2. The van der Waals surface area contributed by atoms with Crippen molar-refractivity contribution in [3.63, 3.8) is 0 Å². The minimum absolute atomic E-state index is 0.0753. The predicted octanol–water partition coefficient (Wildman–Crippen LogP) is 1.67. The topological polar surface area (TPSA) is 91.1 Å². The van der Waals surface area contributed by atoms with E-state index < -0.39 is 0 Å². The molecule has 7 nitrogen and oxygen atoms in total. The molecule has 1 fully saturated rings. The van der Waals surface area contributed by atoms with E-state index in [1.54, 1.807) is 5.01 Å². The van der Waals surface area contributed by atoms with Crippen LogP contribution in [-0.2, 0) is 0 Å². The number of nitrogens with zero attached hydrogens (tertiary/aromatic N) is 3. The van der Waals surface area contributed by atoms with Crippen LogP contribution in [-0.4, -0.2) is 46.2 Å². The molecule has 1 aromatic rings. The fourth-order valence-corrected chi connectivity index (χ4v) is 3.43. The average molecular weight is 307 g/mol. The van der Waals surface area contributed by atoms with E-state index in [1.165, 1.54) is 6.33 Å². The van der Waals surface area contributed by atoms with E-state index in [4.69, 9.17) is 5.73 Å². The van der Waals surface area contributed by atoms with E-state index >= 15 is 0 Å². The zero-order valence-electron chi connectivity index (χ0n) is 14.5. The fraction of sp³-hybridized carbons (Fsp3) is 0.733. The molecule has 0 radical (unpaired) electrons. The summed E-state index contributed by atoms with van der Waals surface area (Å²) < 4.78 is 0. The standard InChI is InChI=1S/C15H29N7/c1-14(2)7-10(8-15(3,4)21-14)19-12-11(16)13(18-9-17-12)20-22(5)6/h9-10,21H,7-8,16H2,1-6H3,(H2,17,18,19,20). The lowest BCUT2D eigenvalue weighted by Gasteiger charge is -2.46. The third kappa shape index (κ3) is 4.20. The monoisotopic (exact) mass is 307 g/mol. The Kier molecular flexibility index (Phi) is 4.49. The van der Waals surface area contributed by atoms with Gasteiger partial charge in [0.05, 0.1) is 0 Å². The molecule has 124 valence electrons. The van der Waals surface area contributed by atoms with Gasteiger partial charge in [-0.05, 0) is 40.5 Å². The van der Waals surface area contributed by atoms with Gasteiger partial charge in [-0.3, -0.25) is 0 Å². The van der Waals surface area contributed by atoms with Gasteiger partial charge < -0.3 is 21.8 Å². The van der Waals surface area contributed by atoms with E-state index in [0.717, 1.165) is 12.8 Å². The maximum atomic E-state index is 6.19. The van der Waals surface area contributed by atoms with Gasteiger partial charge in [0.25, 0.3) is 0 Å². The van der Waals surface area contributed by atoms with Crippen LogP contribution in [0.5, 0.6) is 0 Å². The van der Waals surface area contributed by atoms with Gasteiger partial charge in [0.15, 0.2) is 11.6 Å². The Morgan fingerprint density at radius 2 is 1.68 bits per heavy atom. The Bertz CT molecular complexity index is 509. The summed E-state index contributed by atoms with van der Waals surface area (Å²) in [5, 5.41) is 8.98. The lowest BCUT2D eigenvalue weighted by atomic mass is 9.79. The largest absolute Gasteiger partial charge is 0.393 e. The fourth-order valence-electron chi connectivity index (χ4n) is 3.43. The minimum atomic E-state index is 0.0753. The smallest absolute Gasteiger partial charge is 0.169 e. The molecule has 1 aromatic heterocycles. The van der Waals surface area contributed by atoms with E-state index in [1.807, 2.05) is 14.1 Å². The molecule has 0 amide bonds. The Balaban J connectivity index is 2.16. The molecule has 0 aromatic carbocycles. The molecule has 22 heavy (non-hydrogen) atoms. The molecule has 7 heteroatoms. The van der Waals surface area contributed by atoms with Crippen LogP contribution in [0.1, 0.15) is 40.5 Å². The minimum Gasteiger partial charge on any atom is -0.393 e. The molecule has 1 saturated heterocycles. The molecular weight excluding hydrogens is 278 g/mol. The number of hydrogen-bond acceptors (Lipinski definition) is 7. The lowest BCUT2D eigenvalue weighted by molar-refractivity contribution is 0.170. The van der Waals surface area contributed by atoms with E-state index in [9.17, 15) is 0 Å².